The molecule has 0 bridgehead atoms. The SMILES string of the molecule is CCOC(=O)C(C)Oc1ccc(S(C)(=O)=O)cn1. The van der Waals surface area contributed by atoms with Crippen molar-refractivity contribution in [3.8, 4) is 5.88 Å². The monoisotopic (exact) mass is 273 g/mol. The summed E-state index contributed by atoms with van der Waals surface area (Å²) in [5, 5.41) is 0. The second-order valence-electron chi connectivity index (χ2n) is 3.62. The van der Waals surface area contributed by atoms with Gasteiger partial charge in [0.15, 0.2) is 15.9 Å². The minimum absolute atomic E-state index is 0.0960. The van der Waals surface area contributed by atoms with Gasteiger partial charge in [-0.25, -0.2) is 18.2 Å². The largest absolute Gasteiger partial charge is 0.463 e. The molecule has 0 amide bonds. The molecule has 7 heteroatoms. The van der Waals surface area contributed by atoms with Crippen molar-refractivity contribution in [2.75, 3.05) is 12.9 Å². The summed E-state index contributed by atoms with van der Waals surface area (Å²) >= 11 is 0. The van der Waals surface area contributed by atoms with Gasteiger partial charge in [-0.15, -0.1) is 0 Å². The van der Waals surface area contributed by atoms with Crippen molar-refractivity contribution < 1.29 is 22.7 Å². The number of sulfone groups is 1. The molecule has 18 heavy (non-hydrogen) atoms. The summed E-state index contributed by atoms with van der Waals surface area (Å²) in [5.41, 5.74) is 0. The Morgan fingerprint density at radius 2 is 2.11 bits per heavy atom. The number of carbonyl (C=O) groups excluding carboxylic acids is 1. The van der Waals surface area contributed by atoms with Crippen LogP contribution < -0.4 is 4.74 Å². The van der Waals surface area contributed by atoms with Gasteiger partial charge in [0.2, 0.25) is 5.88 Å². The molecule has 0 spiro atoms. The molecule has 0 aromatic carbocycles. The predicted molar refractivity (Wildman–Crippen MR) is 64.1 cm³/mol. The lowest BCUT2D eigenvalue weighted by Gasteiger charge is -2.12. The van der Waals surface area contributed by atoms with Crippen LogP contribution in [0.5, 0.6) is 5.88 Å². The Hall–Kier alpha value is -1.63. The van der Waals surface area contributed by atoms with Gasteiger partial charge in [0.1, 0.15) is 0 Å². The van der Waals surface area contributed by atoms with Gasteiger partial charge in [-0.2, -0.15) is 0 Å². The number of rotatable bonds is 5. The van der Waals surface area contributed by atoms with Crippen LogP contribution >= 0.6 is 0 Å². The first-order valence-corrected chi connectivity index (χ1v) is 7.23. The smallest absolute Gasteiger partial charge is 0.347 e. The van der Waals surface area contributed by atoms with E-state index in [9.17, 15) is 13.2 Å². The maximum Gasteiger partial charge on any atom is 0.347 e. The van der Waals surface area contributed by atoms with Crippen LogP contribution in [0.4, 0.5) is 0 Å². The van der Waals surface area contributed by atoms with Crippen molar-refractivity contribution in [2.24, 2.45) is 0 Å². The number of hydrogen-bond acceptors (Lipinski definition) is 6. The van der Waals surface area contributed by atoms with Crippen LogP contribution in [0.3, 0.4) is 0 Å². The van der Waals surface area contributed by atoms with Gasteiger partial charge in [0, 0.05) is 18.5 Å². The summed E-state index contributed by atoms with van der Waals surface area (Å²) < 4.78 is 32.4. The first-order valence-electron chi connectivity index (χ1n) is 5.34. The first kappa shape index (κ1) is 14.4. The zero-order valence-corrected chi connectivity index (χ0v) is 11.2. The summed E-state index contributed by atoms with van der Waals surface area (Å²) in [6.45, 7) is 3.50. The van der Waals surface area contributed by atoms with Crippen molar-refractivity contribution in [3.05, 3.63) is 18.3 Å². The fraction of sp³-hybridized carbons (Fsp3) is 0.455. The van der Waals surface area contributed by atoms with E-state index < -0.39 is 21.9 Å². The number of esters is 1. The predicted octanol–water partition coefficient (Wildman–Crippen LogP) is 0.815. The lowest BCUT2D eigenvalue weighted by atomic mass is 10.4. The van der Waals surface area contributed by atoms with E-state index in [1.54, 1.807) is 6.92 Å². The van der Waals surface area contributed by atoms with Crippen LogP contribution in [0.25, 0.3) is 0 Å². The Labute approximate surface area is 106 Å². The zero-order valence-electron chi connectivity index (χ0n) is 10.4. The van der Waals surface area contributed by atoms with Gasteiger partial charge in [0.05, 0.1) is 11.5 Å². The number of carbonyl (C=O) groups is 1. The van der Waals surface area contributed by atoms with Crippen molar-refractivity contribution >= 4 is 15.8 Å². The molecule has 0 N–H and O–H groups in total. The molecular weight excluding hydrogens is 258 g/mol. The van der Waals surface area contributed by atoms with Crippen molar-refractivity contribution in [1.29, 1.82) is 0 Å². The molecule has 1 unspecified atom stereocenters. The Bertz CT molecular complexity index is 509. The third kappa shape index (κ3) is 3.99. The molecule has 0 saturated carbocycles. The molecule has 1 atom stereocenters. The Balaban J connectivity index is 2.73. The Morgan fingerprint density at radius 1 is 1.44 bits per heavy atom. The topological polar surface area (TPSA) is 82.6 Å². The molecule has 1 heterocycles. The maximum absolute atomic E-state index is 11.3. The number of ether oxygens (including phenoxy) is 2. The highest BCUT2D eigenvalue weighted by Crippen LogP contribution is 2.13. The van der Waals surface area contributed by atoms with E-state index in [4.69, 9.17) is 9.47 Å². The third-order valence-electron chi connectivity index (χ3n) is 2.05. The number of pyridine rings is 1. The Kier molecular flexibility index (Phi) is 4.66. The van der Waals surface area contributed by atoms with E-state index in [2.05, 4.69) is 4.98 Å². The van der Waals surface area contributed by atoms with Gasteiger partial charge in [-0.1, -0.05) is 0 Å². The molecule has 100 valence electrons. The normalized spacial score (nSPS) is 12.8. The number of hydrogen-bond donors (Lipinski definition) is 0. The maximum atomic E-state index is 11.3. The molecule has 1 aromatic heterocycles. The molecule has 1 aromatic rings. The van der Waals surface area contributed by atoms with Crippen molar-refractivity contribution in [2.45, 2.75) is 24.8 Å². The summed E-state index contributed by atoms with van der Waals surface area (Å²) in [6.07, 6.45) is 1.48. The van der Waals surface area contributed by atoms with E-state index in [0.29, 0.717) is 0 Å². The summed E-state index contributed by atoms with van der Waals surface area (Å²) in [6, 6.07) is 2.77. The second-order valence-corrected chi connectivity index (χ2v) is 5.63. The highest BCUT2D eigenvalue weighted by Gasteiger charge is 2.16. The van der Waals surface area contributed by atoms with Crippen LogP contribution in [0.2, 0.25) is 0 Å². The van der Waals surface area contributed by atoms with Gasteiger partial charge in [-0.05, 0) is 19.9 Å². The molecule has 1 rings (SSSR count). The van der Waals surface area contributed by atoms with Crippen LogP contribution in [-0.4, -0.2) is 38.3 Å². The van der Waals surface area contributed by atoms with Crippen molar-refractivity contribution in [3.63, 3.8) is 0 Å². The summed E-state index contributed by atoms with van der Waals surface area (Å²) in [4.78, 5) is 15.2. The highest BCUT2D eigenvalue weighted by atomic mass is 32.2. The fourth-order valence-corrected chi connectivity index (χ4v) is 1.70. The van der Waals surface area contributed by atoms with E-state index in [0.717, 1.165) is 6.26 Å². The average molecular weight is 273 g/mol. The molecule has 0 aliphatic rings. The fourth-order valence-electron chi connectivity index (χ4n) is 1.14. The summed E-state index contributed by atoms with van der Waals surface area (Å²) in [5.74, 6) is -0.325. The van der Waals surface area contributed by atoms with E-state index >= 15 is 0 Å². The molecule has 0 fully saturated rings. The summed E-state index contributed by atoms with van der Waals surface area (Å²) in [7, 11) is -3.28. The van der Waals surface area contributed by atoms with Crippen molar-refractivity contribution in [1.82, 2.24) is 4.98 Å². The number of aromatic nitrogens is 1. The van der Waals surface area contributed by atoms with Gasteiger partial charge in [-0.3, -0.25) is 0 Å². The van der Waals surface area contributed by atoms with E-state index in [1.807, 2.05) is 0 Å². The minimum Gasteiger partial charge on any atom is -0.463 e. The molecule has 0 saturated heterocycles. The molecule has 6 nitrogen and oxygen atoms in total. The number of nitrogens with zero attached hydrogens (tertiary/aromatic N) is 1. The lowest BCUT2D eigenvalue weighted by molar-refractivity contribution is -0.150. The zero-order chi connectivity index (χ0) is 13.8. The van der Waals surface area contributed by atoms with Gasteiger partial charge >= 0.3 is 5.97 Å². The molecule has 0 radical (unpaired) electrons. The third-order valence-corrected chi connectivity index (χ3v) is 3.15. The molecule has 0 aliphatic carbocycles. The van der Waals surface area contributed by atoms with E-state index in [-0.39, 0.29) is 17.4 Å². The quantitative estimate of drug-likeness (QED) is 0.738. The van der Waals surface area contributed by atoms with Gasteiger partial charge in [0.25, 0.3) is 0 Å². The van der Waals surface area contributed by atoms with E-state index in [1.165, 1.54) is 25.3 Å². The van der Waals surface area contributed by atoms with Gasteiger partial charge < -0.3 is 9.47 Å². The standard InChI is InChI=1S/C11H15NO5S/c1-4-16-11(13)8(2)17-10-6-5-9(7-12-10)18(3,14)15/h5-8H,4H2,1-3H3. The van der Waals surface area contributed by atoms with Crippen LogP contribution in [-0.2, 0) is 19.4 Å². The van der Waals surface area contributed by atoms with Crippen LogP contribution in [0, 0.1) is 0 Å². The van der Waals surface area contributed by atoms with Crippen LogP contribution in [0.1, 0.15) is 13.8 Å². The minimum atomic E-state index is -3.28. The lowest BCUT2D eigenvalue weighted by Crippen LogP contribution is -2.26. The second kappa shape index (κ2) is 5.81. The Morgan fingerprint density at radius 3 is 2.56 bits per heavy atom. The first-order chi connectivity index (χ1) is 8.34. The molecular formula is C11H15NO5S. The van der Waals surface area contributed by atoms with Crippen LogP contribution in [0.15, 0.2) is 23.2 Å². The highest BCUT2D eigenvalue weighted by molar-refractivity contribution is 7.90. The molecule has 0 aliphatic heterocycles. The average Bonchev–Trinajstić information content (AvgIpc) is 2.28.